The van der Waals surface area contributed by atoms with Gasteiger partial charge in [-0.05, 0) is 70.0 Å². The van der Waals surface area contributed by atoms with Gasteiger partial charge in [0.2, 0.25) is 15.9 Å². The highest BCUT2D eigenvalue weighted by Gasteiger charge is 2.36. The maximum atomic E-state index is 13.1. The van der Waals surface area contributed by atoms with Gasteiger partial charge in [-0.1, -0.05) is 22.9 Å². The van der Waals surface area contributed by atoms with E-state index >= 15 is 0 Å². The number of benzene rings is 2. The second kappa shape index (κ2) is 9.36. The van der Waals surface area contributed by atoms with Crippen LogP contribution in [-0.2, 0) is 14.8 Å². The largest absolute Gasteiger partial charge is 0.457 e. The first-order chi connectivity index (χ1) is 15.7. The number of nitrogens with zero attached hydrogens (tertiary/aromatic N) is 2. The number of anilines is 1. The number of nitrogens with one attached hydrogen (secondary N) is 1. The number of carbonyl (C=O) groups excluding carboxylic acids is 1. The molecule has 0 spiro atoms. The van der Waals surface area contributed by atoms with Crippen molar-refractivity contribution in [3.8, 4) is 11.5 Å². The highest BCUT2D eigenvalue weighted by molar-refractivity contribution is 7.89. The van der Waals surface area contributed by atoms with Crippen molar-refractivity contribution in [2.24, 2.45) is 5.92 Å². The Morgan fingerprint density at radius 1 is 1.06 bits per heavy atom. The van der Waals surface area contributed by atoms with Crippen LogP contribution in [0.5, 0.6) is 11.5 Å². The highest BCUT2D eigenvalue weighted by Crippen LogP contribution is 2.29. The van der Waals surface area contributed by atoms with Gasteiger partial charge in [0.05, 0.1) is 5.92 Å². The van der Waals surface area contributed by atoms with E-state index in [1.165, 1.54) is 4.31 Å². The summed E-state index contributed by atoms with van der Waals surface area (Å²) in [5.41, 5.74) is 2.11. The highest BCUT2D eigenvalue weighted by atomic mass is 32.2. The fraction of sp³-hybridized carbons (Fsp3) is 0.333. The minimum absolute atomic E-state index is 0.0905. The number of ether oxygens (including phenoxy) is 1. The van der Waals surface area contributed by atoms with E-state index in [9.17, 15) is 13.2 Å². The van der Waals surface area contributed by atoms with Crippen LogP contribution in [-0.4, -0.2) is 36.9 Å². The van der Waals surface area contributed by atoms with Crippen molar-refractivity contribution in [2.75, 3.05) is 18.4 Å². The quantitative estimate of drug-likeness (QED) is 0.573. The van der Waals surface area contributed by atoms with E-state index in [1.54, 1.807) is 38.1 Å². The molecule has 0 bridgehead atoms. The van der Waals surface area contributed by atoms with E-state index in [0.29, 0.717) is 36.5 Å². The summed E-state index contributed by atoms with van der Waals surface area (Å²) in [6.07, 6.45) is 1.22. The van der Waals surface area contributed by atoms with Gasteiger partial charge in [-0.3, -0.25) is 4.79 Å². The van der Waals surface area contributed by atoms with Crippen LogP contribution in [0.2, 0.25) is 0 Å². The normalized spacial score (nSPS) is 17.0. The maximum absolute atomic E-state index is 13.1. The molecule has 9 heteroatoms. The van der Waals surface area contributed by atoms with E-state index in [2.05, 4.69) is 10.5 Å². The Labute approximate surface area is 193 Å². The van der Waals surface area contributed by atoms with Crippen molar-refractivity contribution >= 4 is 21.6 Å². The molecule has 0 aliphatic carbocycles. The molecule has 4 rings (SSSR count). The Kier molecular flexibility index (Phi) is 6.53. The Bertz CT molecular complexity index is 1210. The fourth-order valence-corrected chi connectivity index (χ4v) is 5.75. The van der Waals surface area contributed by atoms with Crippen LogP contribution < -0.4 is 10.1 Å². The van der Waals surface area contributed by atoms with Gasteiger partial charge in [-0.15, -0.1) is 0 Å². The smallest absolute Gasteiger partial charge is 0.248 e. The summed E-state index contributed by atoms with van der Waals surface area (Å²) in [7, 11) is -3.78. The zero-order chi connectivity index (χ0) is 23.6. The third-order valence-corrected chi connectivity index (χ3v) is 7.81. The molecular formula is C24H27N3O5S. The first kappa shape index (κ1) is 23.0. The summed E-state index contributed by atoms with van der Waals surface area (Å²) in [5, 5.41) is 6.65. The minimum atomic E-state index is -3.78. The predicted molar refractivity (Wildman–Crippen MR) is 124 cm³/mol. The number of rotatable bonds is 6. The van der Waals surface area contributed by atoms with Gasteiger partial charge in [0.15, 0.2) is 5.76 Å². The molecule has 0 saturated carbocycles. The van der Waals surface area contributed by atoms with E-state index in [1.807, 2.05) is 31.2 Å². The number of amides is 1. The molecule has 174 valence electrons. The lowest BCUT2D eigenvalue weighted by molar-refractivity contribution is -0.120. The van der Waals surface area contributed by atoms with Crippen molar-refractivity contribution in [1.82, 2.24) is 9.46 Å². The molecule has 8 nitrogen and oxygen atoms in total. The molecule has 1 N–H and O–H groups in total. The van der Waals surface area contributed by atoms with Gasteiger partial charge in [-0.25, -0.2) is 8.42 Å². The van der Waals surface area contributed by atoms with Crippen LogP contribution in [0.4, 0.5) is 5.69 Å². The lowest BCUT2D eigenvalue weighted by Gasteiger charge is -2.31. The first-order valence-electron chi connectivity index (χ1n) is 10.8. The SMILES string of the molecule is Cc1ccc(Oc2ccc(NC(=O)[C@H]3CCCN(S(=O)(=O)c4c(C)noc4C)C3)cc2)cc1. The average Bonchev–Trinajstić information content (AvgIpc) is 3.15. The molecule has 1 saturated heterocycles. The summed E-state index contributed by atoms with van der Waals surface area (Å²) in [5.74, 6) is 0.996. The van der Waals surface area contributed by atoms with Crippen LogP contribution in [0.15, 0.2) is 57.9 Å². The second-order valence-electron chi connectivity index (χ2n) is 8.28. The zero-order valence-electron chi connectivity index (χ0n) is 18.9. The first-order valence-corrected chi connectivity index (χ1v) is 12.3. The number of hydrogen-bond acceptors (Lipinski definition) is 6. The summed E-state index contributed by atoms with van der Waals surface area (Å²) in [6, 6.07) is 14.8. The van der Waals surface area contributed by atoms with Crippen LogP contribution in [0, 0.1) is 26.7 Å². The third kappa shape index (κ3) is 5.09. The minimum Gasteiger partial charge on any atom is -0.457 e. The zero-order valence-corrected chi connectivity index (χ0v) is 19.7. The standard InChI is InChI=1S/C24H27N3O5S/c1-16-6-10-21(11-7-16)31-22-12-8-20(9-13-22)25-24(28)19-5-4-14-27(15-19)33(29,30)23-17(2)26-32-18(23)3/h6-13,19H,4-5,14-15H2,1-3H3,(H,25,28)/t19-/m0/s1. The van der Waals surface area contributed by atoms with Crippen molar-refractivity contribution in [3.05, 3.63) is 65.5 Å². The lowest BCUT2D eigenvalue weighted by Crippen LogP contribution is -2.43. The monoisotopic (exact) mass is 469 g/mol. The second-order valence-corrected chi connectivity index (χ2v) is 10.2. The molecule has 0 unspecified atom stereocenters. The number of hydrogen-bond donors (Lipinski definition) is 1. The van der Waals surface area contributed by atoms with E-state index in [0.717, 1.165) is 11.3 Å². The van der Waals surface area contributed by atoms with Crippen molar-refractivity contribution in [2.45, 2.75) is 38.5 Å². The maximum Gasteiger partial charge on any atom is 0.248 e. The molecule has 1 fully saturated rings. The van der Waals surface area contributed by atoms with Crippen LogP contribution in [0.3, 0.4) is 0 Å². The summed E-state index contributed by atoms with van der Waals surface area (Å²) in [4.78, 5) is 13.0. The van der Waals surface area contributed by atoms with Crippen LogP contribution in [0.1, 0.15) is 29.9 Å². The molecule has 1 aliphatic heterocycles. The lowest BCUT2D eigenvalue weighted by atomic mass is 9.99. The number of piperidine rings is 1. The molecule has 3 aromatic rings. The Balaban J connectivity index is 1.39. The van der Waals surface area contributed by atoms with Gasteiger partial charge < -0.3 is 14.6 Å². The molecule has 2 heterocycles. The Morgan fingerprint density at radius 3 is 2.30 bits per heavy atom. The fourth-order valence-electron chi connectivity index (χ4n) is 3.94. The van der Waals surface area contributed by atoms with E-state index < -0.39 is 15.9 Å². The number of carbonyl (C=O) groups is 1. The molecule has 1 aliphatic rings. The molecule has 0 radical (unpaired) electrons. The van der Waals surface area contributed by atoms with Crippen LogP contribution in [0.25, 0.3) is 0 Å². The van der Waals surface area contributed by atoms with Gasteiger partial charge >= 0.3 is 0 Å². The van der Waals surface area contributed by atoms with Gasteiger partial charge in [-0.2, -0.15) is 4.31 Å². The Hall–Kier alpha value is -3.17. The molecule has 1 aromatic heterocycles. The predicted octanol–water partition coefficient (Wildman–Crippen LogP) is 4.43. The molecule has 2 aromatic carbocycles. The van der Waals surface area contributed by atoms with Crippen molar-refractivity contribution in [3.63, 3.8) is 0 Å². The summed E-state index contributed by atoms with van der Waals surface area (Å²) >= 11 is 0. The van der Waals surface area contributed by atoms with Gasteiger partial charge in [0, 0.05) is 18.8 Å². The number of aryl methyl sites for hydroxylation is 3. The van der Waals surface area contributed by atoms with E-state index in [-0.39, 0.29) is 23.1 Å². The van der Waals surface area contributed by atoms with Crippen LogP contribution >= 0.6 is 0 Å². The van der Waals surface area contributed by atoms with Gasteiger partial charge in [0.25, 0.3) is 0 Å². The van der Waals surface area contributed by atoms with E-state index in [4.69, 9.17) is 9.26 Å². The summed E-state index contributed by atoms with van der Waals surface area (Å²) in [6.45, 7) is 5.67. The average molecular weight is 470 g/mol. The summed E-state index contributed by atoms with van der Waals surface area (Å²) < 4.78 is 38.4. The number of aromatic nitrogens is 1. The topological polar surface area (TPSA) is 102 Å². The molecule has 33 heavy (non-hydrogen) atoms. The third-order valence-electron chi connectivity index (χ3n) is 5.70. The molecular weight excluding hydrogens is 442 g/mol. The number of sulfonamides is 1. The molecule has 1 amide bonds. The van der Waals surface area contributed by atoms with Crippen molar-refractivity contribution < 1.29 is 22.5 Å². The Morgan fingerprint density at radius 2 is 1.70 bits per heavy atom. The van der Waals surface area contributed by atoms with Gasteiger partial charge in [0.1, 0.15) is 22.1 Å². The molecule has 1 atom stereocenters. The van der Waals surface area contributed by atoms with Crippen molar-refractivity contribution in [1.29, 1.82) is 0 Å².